The van der Waals surface area contributed by atoms with Crippen molar-refractivity contribution in [2.75, 3.05) is 43.6 Å². The van der Waals surface area contributed by atoms with Gasteiger partial charge in [0.25, 0.3) is 15.7 Å². The van der Waals surface area contributed by atoms with Crippen LogP contribution in [0.4, 0.5) is 5.95 Å². The molecule has 1 saturated heterocycles. The maximum Gasteiger partial charge on any atom is 0.264 e. The number of piperidine rings is 1. The van der Waals surface area contributed by atoms with Crippen LogP contribution in [0.3, 0.4) is 0 Å². The molecule has 0 aliphatic carbocycles. The second kappa shape index (κ2) is 10.2. The van der Waals surface area contributed by atoms with Crippen molar-refractivity contribution in [3.05, 3.63) is 28.7 Å². The van der Waals surface area contributed by atoms with Gasteiger partial charge in [0, 0.05) is 43.4 Å². The van der Waals surface area contributed by atoms with Crippen molar-refractivity contribution in [1.29, 1.82) is 0 Å². The lowest BCUT2D eigenvalue weighted by atomic mass is 10.1. The van der Waals surface area contributed by atoms with Gasteiger partial charge in [-0.25, -0.2) is 17.7 Å². The molecule has 3 heterocycles. The summed E-state index contributed by atoms with van der Waals surface area (Å²) in [4.78, 5) is 21.2. The summed E-state index contributed by atoms with van der Waals surface area (Å²) < 4.78 is 61.7. The van der Waals surface area contributed by atoms with Crippen LogP contribution in [0, 0.1) is 0 Å². The quantitative estimate of drug-likeness (QED) is 0.341. The lowest BCUT2D eigenvalue weighted by Gasteiger charge is -2.30. The number of nitrogens with zero attached hydrogens (tertiary/aromatic N) is 4. The zero-order chi connectivity index (χ0) is 23.4. The Kier molecular flexibility index (Phi) is 7.82. The van der Waals surface area contributed by atoms with E-state index in [1.54, 1.807) is 12.3 Å². The van der Waals surface area contributed by atoms with Gasteiger partial charge in [-0.15, -0.1) is 0 Å². The van der Waals surface area contributed by atoms with Crippen LogP contribution in [-0.2, 0) is 31.4 Å². The van der Waals surface area contributed by atoms with Gasteiger partial charge in [-0.1, -0.05) is 0 Å². The highest BCUT2D eigenvalue weighted by Crippen LogP contribution is 2.17. The fourth-order valence-corrected chi connectivity index (χ4v) is 4.83. The molecule has 3 rings (SSSR count). The van der Waals surface area contributed by atoms with E-state index in [0.29, 0.717) is 42.9 Å². The van der Waals surface area contributed by atoms with Crippen LogP contribution >= 0.6 is 0 Å². The van der Waals surface area contributed by atoms with Crippen LogP contribution in [-0.4, -0.2) is 84.6 Å². The molecule has 1 aliphatic heterocycles. The first-order valence-corrected chi connectivity index (χ1v) is 13.6. The Hall–Kier alpha value is -2.13. The zero-order valence-corrected chi connectivity index (χ0v) is 19.3. The average molecular weight is 490 g/mol. The largest absolute Gasteiger partial charge is 0.380 e. The van der Waals surface area contributed by atoms with Gasteiger partial charge in [-0.3, -0.25) is 13.9 Å². The van der Waals surface area contributed by atoms with E-state index in [2.05, 4.69) is 15.3 Å². The Bertz CT molecular complexity index is 1210. The molecule has 0 radical (unpaired) electrons. The summed E-state index contributed by atoms with van der Waals surface area (Å²) in [5, 5.41) is 3.89. The molecule has 178 valence electrons. The predicted molar refractivity (Wildman–Crippen MR) is 119 cm³/mol. The van der Waals surface area contributed by atoms with E-state index in [9.17, 15) is 21.6 Å². The fourth-order valence-electron chi connectivity index (χ4n) is 3.47. The van der Waals surface area contributed by atoms with Crippen molar-refractivity contribution < 1.29 is 26.1 Å². The van der Waals surface area contributed by atoms with Crippen molar-refractivity contribution >= 4 is 37.1 Å². The Morgan fingerprint density at radius 1 is 1.19 bits per heavy atom. The number of rotatable bonds is 10. The van der Waals surface area contributed by atoms with Gasteiger partial charge in [0.1, 0.15) is 5.65 Å². The zero-order valence-electron chi connectivity index (χ0n) is 17.7. The monoisotopic (exact) mass is 489 g/mol. The summed E-state index contributed by atoms with van der Waals surface area (Å²) in [6, 6.07) is 3.06. The van der Waals surface area contributed by atoms with Gasteiger partial charge in [-0.2, -0.15) is 13.4 Å². The Labute approximate surface area is 186 Å². The van der Waals surface area contributed by atoms with E-state index in [1.165, 1.54) is 21.2 Å². The van der Waals surface area contributed by atoms with Crippen LogP contribution in [0.5, 0.6) is 0 Å². The summed E-state index contributed by atoms with van der Waals surface area (Å²) >= 11 is 0. The van der Waals surface area contributed by atoms with Gasteiger partial charge in [0.2, 0.25) is 16.0 Å². The third kappa shape index (κ3) is 6.93. The number of aromatic nitrogens is 3. The van der Waals surface area contributed by atoms with Gasteiger partial charge in [0.05, 0.1) is 25.2 Å². The number of hydrogen-bond donors (Lipinski definition) is 2. The predicted octanol–water partition coefficient (Wildman–Crippen LogP) is -0.0781. The molecule has 0 amide bonds. The Balaban J connectivity index is 1.64. The van der Waals surface area contributed by atoms with E-state index in [4.69, 9.17) is 9.29 Å². The van der Waals surface area contributed by atoms with Crippen LogP contribution < -0.4 is 10.9 Å². The smallest absolute Gasteiger partial charge is 0.264 e. The normalized spacial score (nSPS) is 16.4. The Morgan fingerprint density at radius 2 is 1.91 bits per heavy atom. The van der Waals surface area contributed by atoms with Crippen molar-refractivity contribution in [2.24, 2.45) is 0 Å². The second-order valence-corrected chi connectivity index (χ2v) is 11.2. The van der Waals surface area contributed by atoms with Crippen molar-refractivity contribution in [1.82, 2.24) is 18.8 Å². The van der Waals surface area contributed by atoms with Gasteiger partial charge >= 0.3 is 0 Å². The number of hydrogen-bond acceptors (Lipinski definition) is 9. The summed E-state index contributed by atoms with van der Waals surface area (Å²) in [7, 11) is -7.22. The molecule has 2 N–H and O–H groups in total. The van der Waals surface area contributed by atoms with Crippen LogP contribution in [0.15, 0.2) is 23.1 Å². The molecule has 1 fully saturated rings. The molecule has 0 atom stereocenters. The molecule has 0 unspecified atom stereocenters. The number of nitrogens with one attached hydrogen (secondary N) is 1. The van der Waals surface area contributed by atoms with Crippen molar-refractivity contribution in [3.8, 4) is 0 Å². The number of fused-ring (bicyclic) bond motifs is 1. The maximum atomic E-state index is 12.4. The highest BCUT2D eigenvalue weighted by Gasteiger charge is 2.25. The minimum absolute atomic E-state index is 0.0143. The number of pyridine rings is 1. The van der Waals surface area contributed by atoms with Crippen LogP contribution in [0.1, 0.15) is 19.3 Å². The van der Waals surface area contributed by atoms with Crippen molar-refractivity contribution in [2.45, 2.75) is 31.8 Å². The van der Waals surface area contributed by atoms with E-state index in [1.807, 2.05) is 0 Å². The molecular formula is C18H27N5O7S2. The molecule has 1 aliphatic rings. The lowest BCUT2D eigenvalue weighted by Crippen LogP contribution is -2.42. The van der Waals surface area contributed by atoms with Gasteiger partial charge in [-0.05, 0) is 25.3 Å². The third-order valence-electron chi connectivity index (χ3n) is 5.13. The molecule has 0 aromatic carbocycles. The highest BCUT2D eigenvalue weighted by atomic mass is 32.2. The van der Waals surface area contributed by atoms with E-state index in [0.717, 1.165) is 0 Å². The van der Waals surface area contributed by atoms with Crippen LogP contribution in [0.25, 0.3) is 11.0 Å². The summed E-state index contributed by atoms with van der Waals surface area (Å²) in [6.07, 6.45) is 4.20. The number of anilines is 1. The highest BCUT2D eigenvalue weighted by molar-refractivity contribution is 7.88. The third-order valence-corrected chi connectivity index (χ3v) is 7.24. The average Bonchev–Trinajstić information content (AvgIpc) is 2.71. The summed E-state index contributed by atoms with van der Waals surface area (Å²) in [5.74, 6) is -0.0317. The molecule has 12 nitrogen and oxygen atoms in total. The van der Waals surface area contributed by atoms with Gasteiger partial charge in [0.15, 0.2) is 0 Å². The Morgan fingerprint density at radius 3 is 2.56 bits per heavy atom. The molecule has 32 heavy (non-hydrogen) atoms. The molecule has 2 aromatic rings. The van der Waals surface area contributed by atoms with Gasteiger partial charge < -0.3 is 10.1 Å². The first-order valence-electron chi connectivity index (χ1n) is 10.1. The molecule has 0 saturated carbocycles. The van der Waals surface area contributed by atoms with E-state index in [-0.39, 0.29) is 43.5 Å². The molecule has 0 bridgehead atoms. The van der Waals surface area contributed by atoms with Crippen LogP contribution in [0.2, 0.25) is 0 Å². The summed E-state index contributed by atoms with van der Waals surface area (Å²) in [6.45, 7) is 1.35. The van der Waals surface area contributed by atoms with Crippen molar-refractivity contribution in [3.63, 3.8) is 0 Å². The standard InChI is InChI=1S/C18H27N5O7S2/c1-31(25,26)22-7-5-15(6-8-22)20-18-19-13-14-3-4-16(24)23(17(14)21-18)9-11-30-10-2-12-32(27,28)29/h3-4,13,15H,2,5-12H2,1H3,(H,19,20,21)(H,27,28,29). The molecule has 0 spiro atoms. The molecular weight excluding hydrogens is 462 g/mol. The first-order chi connectivity index (χ1) is 15.0. The maximum absolute atomic E-state index is 12.4. The molecule has 2 aromatic heterocycles. The lowest BCUT2D eigenvalue weighted by molar-refractivity contribution is 0.127. The molecule has 14 heteroatoms. The minimum Gasteiger partial charge on any atom is -0.380 e. The van der Waals surface area contributed by atoms with E-state index >= 15 is 0 Å². The summed E-state index contributed by atoms with van der Waals surface area (Å²) in [5.41, 5.74) is 0.176. The first kappa shape index (κ1) is 24.5. The SMILES string of the molecule is CS(=O)(=O)N1CCC(Nc2ncc3ccc(=O)n(CCOCCCS(=O)(=O)O)c3n2)CC1. The second-order valence-electron chi connectivity index (χ2n) is 7.63. The van der Waals surface area contributed by atoms with E-state index < -0.39 is 20.1 Å². The number of ether oxygens (including phenoxy) is 1. The topological polar surface area (TPSA) is 161 Å². The number of sulfonamides is 1. The minimum atomic E-state index is -4.02. The fraction of sp³-hybridized carbons (Fsp3) is 0.611.